The molecule has 134 valence electrons. The zero-order valence-electron chi connectivity index (χ0n) is 14.9. The number of esters is 2. The summed E-state index contributed by atoms with van der Waals surface area (Å²) in [5, 5.41) is 8.76. The molecule has 1 N–H and O–H groups in total. The van der Waals surface area contributed by atoms with Crippen molar-refractivity contribution in [2.24, 2.45) is 23.7 Å². The molecule has 0 aromatic carbocycles. The van der Waals surface area contributed by atoms with Crippen molar-refractivity contribution in [2.45, 2.75) is 58.7 Å². The number of rotatable bonds is 6. The van der Waals surface area contributed by atoms with Crippen LogP contribution in [0.15, 0.2) is 12.2 Å². The fourth-order valence-electron chi connectivity index (χ4n) is 4.68. The van der Waals surface area contributed by atoms with E-state index in [1.807, 2.05) is 27.7 Å². The third kappa shape index (κ3) is 3.62. The summed E-state index contributed by atoms with van der Waals surface area (Å²) in [5.74, 6) is -1.85. The quantitative estimate of drug-likeness (QED) is 0.455. The second-order valence-electron chi connectivity index (χ2n) is 7.85. The minimum absolute atomic E-state index is 0.00373. The van der Waals surface area contributed by atoms with Crippen molar-refractivity contribution in [3.63, 3.8) is 0 Å². The Kier molecular flexibility index (Phi) is 4.79. The molecular formula is C18H26O6. The van der Waals surface area contributed by atoms with Gasteiger partial charge in [-0.05, 0) is 46.0 Å². The van der Waals surface area contributed by atoms with Gasteiger partial charge in [0.15, 0.2) is 0 Å². The van der Waals surface area contributed by atoms with Crippen LogP contribution in [0.2, 0.25) is 0 Å². The van der Waals surface area contributed by atoms with Gasteiger partial charge in [-0.3, -0.25) is 14.4 Å². The second kappa shape index (κ2) is 6.22. The van der Waals surface area contributed by atoms with Crippen molar-refractivity contribution < 1.29 is 29.0 Å². The van der Waals surface area contributed by atoms with Crippen LogP contribution < -0.4 is 0 Å². The van der Waals surface area contributed by atoms with Crippen molar-refractivity contribution in [1.29, 1.82) is 0 Å². The topological polar surface area (TPSA) is 89.9 Å². The van der Waals surface area contributed by atoms with Gasteiger partial charge >= 0.3 is 17.9 Å². The van der Waals surface area contributed by atoms with Gasteiger partial charge in [0.2, 0.25) is 0 Å². The maximum atomic E-state index is 11.9. The molecule has 0 radical (unpaired) electrons. The van der Waals surface area contributed by atoms with Crippen LogP contribution >= 0.6 is 0 Å². The summed E-state index contributed by atoms with van der Waals surface area (Å²) in [6, 6.07) is 0. The highest BCUT2D eigenvalue weighted by atomic mass is 16.6. The van der Waals surface area contributed by atoms with Crippen molar-refractivity contribution in [3.8, 4) is 0 Å². The Morgan fingerprint density at radius 2 is 1.46 bits per heavy atom. The summed E-state index contributed by atoms with van der Waals surface area (Å²) in [6.45, 7) is 8.77. The zero-order chi connectivity index (χ0) is 18.3. The molecule has 0 heterocycles. The van der Waals surface area contributed by atoms with E-state index in [4.69, 9.17) is 14.6 Å². The van der Waals surface area contributed by atoms with E-state index < -0.39 is 29.6 Å². The highest BCUT2D eigenvalue weighted by molar-refractivity contribution is 5.90. The molecule has 0 amide bonds. The van der Waals surface area contributed by atoms with Gasteiger partial charge in [-0.15, -0.1) is 0 Å². The molecule has 2 rings (SSSR count). The molecule has 2 aliphatic rings. The normalized spacial score (nSPS) is 28.7. The Balaban J connectivity index is 2.25. The molecular weight excluding hydrogens is 312 g/mol. The van der Waals surface area contributed by atoms with Gasteiger partial charge in [-0.1, -0.05) is 12.2 Å². The fraction of sp³-hybridized carbons (Fsp3) is 0.722. The summed E-state index contributed by atoms with van der Waals surface area (Å²) in [5.41, 5.74) is -1.55. The number of carbonyl (C=O) groups is 3. The molecule has 0 aromatic heterocycles. The molecule has 0 aliphatic heterocycles. The predicted octanol–water partition coefficient (Wildman–Crippen LogP) is 2.56. The average Bonchev–Trinajstić information content (AvgIpc) is 2.95. The predicted molar refractivity (Wildman–Crippen MR) is 86.0 cm³/mol. The Bertz CT molecular complexity index is 574. The summed E-state index contributed by atoms with van der Waals surface area (Å²) < 4.78 is 11.1. The molecule has 1 fully saturated rings. The van der Waals surface area contributed by atoms with Gasteiger partial charge in [0.1, 0.15) is 17.6 Å². The van der Waals surface area contributed by atoms with Crippen molar-refractivity contribution in [1.82, 2.24) is 0 Å². The molecule has 4 unspecified atom stereocenters. The zero-order valence-corrected chi connectivity index (χ0v) is 14.9. The van der Waals surface area contributed by atoms with E-state index in [1.54, 1.807) is 0 Å². The van der Waals surface area contributed by atoms with Gasteiger partial charge in [-0.25, -0.2) is 0 Å². The molecule has 4 atom stereocenters. The largest absolute Gasteiger partial charge is 0.481 e. The Morgan fingerprint density at radius 3 is 1.88 bits per heavy atom. The lowest BCUT2D eigenvalue weighted by Crippen LogP contribution is -2.51. The Labute approximate surface area is 142 Å². The van der Waals surface area contributed by atoms with E-state index >= 15 is 0 Å². The molecule has 2 aliphatic carbocycles. The summed E-state index contributed by atoms with van der Waals surface area (Å²) in [4.78, 5) is 34.1. The fourth-order valence-corrected chi connectivity index (χ4v) is 4.68. The lowest BCUT2D eigenvalue weighted by atomic mass is 9.67. The maximum absolute atomic E-state index is 11.9. The summed E-state index contributed by atoms with van der Waals surface area (Å²) in [7, 11) is 0. The molecule has 6 nitrogen and oxygen atoms in total. The van der Waals surface area contributed by atoms with Gasteiger partial charge in [-0.2, -0.15) is 0 Å². The van der Waals surface area contributed by atoms with E-state index in [0.29, 0.717) is 0 Å². The number of aliphatic carboxylic acids is 1. The monoisotopic (exact) mass is 338 g/mol. The van der Waals surface area contributed by atoms with E-state index in [0.717, 1.165) is 6.42 Å². The number of ether oxygens (including phenoxy) is 2. The number of carboxylic acid groups (broad SMARTS) is 1. The van der Waals surface area contributed by atoms with Gasteiger partial charge in [0.25, 0.3) is 0 Å². The third-order valence-corrected chi connectivity index (χ3v) is 5.14. The molecule has 6 heteroatoms. The Hall–Kier alpha value is -1.85. The van der Waals surface area contributed by atoms with E-state index in [9.17, 15) is 14.4 Å². The van der Waals surface area contributed by atoms with Crippen molar-refractivity contribution >= 4 is 17.9 Å². The van der Waals surface area contributed by atoms with E-state index in [2.05, 4.69) is 12.2 Å². The first-order valence-electron chi connectivity index (χ1n) is 8.25. The highest BCUT2D eigenvalue weighted by Gasteiger charge is 2.58. The molecule has 0 aromatic rings. The minimum Gasteiger partial charge on any atom is -0.481 e. The van der Waals surface area contributed by atoms with Crippen LogP contribution in [0.5, 0.6) is 0 Å². The van der Waals surface area contributed by atoms with Crippen LogP contribution in [0.1, 0.15) is 47.5 Å². The lowest BCUT2D eigenvalue weighted by molar-refractivity contribution is -0.181. The molecule has 0 spiro atoms. The maximum Gasteiger partial charge on any atom is 0.317 e. The summed E-state index contributed by atoms with van der Waals surface area (Å²) in [6.07, 6.45) is 4.55. The van der Waals surface area contributed by atoms with E-state index in [1.165, 1.54) is 6.92 Å². The SMILES string of the molecule is CC(=O)OC(C)(C)C1C2C=CC(C2)C1C(C)(C)OC(=O)CC(=O)O. The van der Waals surface area contributed by atoms with Crippen LogP contribution in [-0.2, 0) is 23.9 Å². The number of carboxylic acids is 1. The third-order valence-electron chi connectivity index (χ3n) is 5.14. The molecule has 2 bridgehead atoms. The number of hydrogen-bond donors (Lipinski definition) is 1. The highest BCUT2D eigenvalue weighted by Crippen LogP contribution is 2.57. The van der Waals surface area contributed by atoms with Gasteiger partial charge in [0.05, 0.1) is 0 Å². The van der Waals surface area contributed by atoms with Gasteiger partial charge in [0, 0.05) is 18.8 Å². The van der Waals surface area contributed by atoms with Crippen LogP contribution in [0.3, 0.4) is 0 Å². The average molecular weight is 338 g/mol. The second-order valence-corrected chi connectivity index (χ2v) is 7.85. The van der Waals surface area contributed by atoms with Gasteiger partial charge < -0.3 is 14.6 Å². The molecule has 24 heavy (non-hydrogen) atoms. The number of allylic oxidation sites excluding steroid dienone is 2. The smallest absolute Gasteiger partial charge is 0.317 e. The van der Waals surface area contributed by atoms with Crippen LogP contribution in [0.4, 0.5) is 0 Å². The number of carbonyl (C=O) groups excluding carboxylic acids is 2. The number of hydrogen-bond acceptors (Lipinski definition) is 5. The molecule has 0 saturated heterocycles. The van der Waals surface area contributed by atoms with Crippen molar-refractivity contribution in [3.05, 3.63) is 12.2 Å². The van der Waals surface area contributed by atoms with Crippen LogP contribution in [0, 0.1) is 23.7 Å². The van der Waals surface area contributed by atoms with Crippen LogP contribution in [0.25, 0.3) is 0 Å². The first kappa shape index (κ1) is 18.5. The standard InChI is InChI=1S/C18H26O6/c1-10(19)23-17(2,3)15-11-6-7-12(8-11)16(15)18(4,5)24-14(22)9-13(20)21/h6-7,11-12,15-16H,8-9H2,1-5H3,(H,20,21). The van der Waals surface area contributed by atoms with Crippen molar-refractivity contribution in [2.75, 3.05) is 0 Å². The van der Waals surface area contributed by atoms with Crippen LogP contribution in [-0.4, -0.2) is 34.2 Å². The molecule has 1 saturated carbocycles. The first-order chi connectivity index (χ1) is 10.9. The number of fused-ring (bicyclic) bond motifs is 2. The first-order valence-corrected chi connectivity index (χ1v) is 8.25. The Morgan fingerprint density at radius 1 is 1.00 bits per heavy atom. The van der Waals surface area contributed by atoms with E-state index in [-0.39, 0.29) is 29.6 Å². The minimum atomic E-state index is -1.21. The summed E-state index contributed by atoms with van der Waals surface area (Å²) >= 11 is 0. The lowest BCUT2D eigenvalue weighted by Gasteiger charge is -2.45.